The second kappa shape index (κ2) is 7.44. The number of nitrogens with one attached hydrogen (secondary N) is 1. The van der Waals surface area contributed by atoms with Crippen LogP contribution in [-0.2, 0) is 9.53 Å². The maximum atomic E-state index is 12.2. The number of morpholine rings is 1. The van der Waals surface area contributed by atoms with E-state index in [4.69, 9.17) is 16.3 Å². The molecule has 1 fully saturated rings. The fraction of sp³-hybridized carbons (Fsp3) is 0.588. The van der Waals surface area contributed by atoms with Gasteiger partial charge in [-0.15, -0.1) is 0 Å². The van der Waals surface area contributed by atoms with Crippen LogP contribution in [0.25, 0.3) is 0 Å². The number of ether oxygens (including phenoxy) is 1. The number of carbonyl (C=O) groups excluding carboxylic acids is 1. The van der Waals surface area contributed by atoms with Gasteiger partial charge in [0.25, 0.3) is 0 Å². The van der Waals surface area contributed by atoms with E-state index in [1.807, 2.05) is 45.0 Å². The Labute approximate surface area is 137 Å². The largest absolute Gasteiger partial charge is 0.379 e. The number of nitrogens with zero attached hydrogens (tertiary/aromatic N) is 1. The van der Waals surface area contributed by atoms with Gasteiger partial charge < -0.3 is 10.1 Å². The van der Waals surface area contributed by atoms with Gasteiger partial charge in [-0.2, -0.15) is 0 Å². The summed E-state index contributed by atoms with van der Waals surface area (Å²) in [6.45, 7) is 9.44. The molecule has 1 aliphatic rings. The molecule has 1 N–H and O–H groups in total. The second-order valence-corrected chi connectivity index (χ2v) is 7.05. The number of carbonyl (C=O) groups is 1. The molecule has 0 bridgehead atoms. The number of hydrogen-bond acceptors (Lipinski definition) is 3. The summed E-state index contributed by atoms with van der Waals surface area (Å²) in [7, 11) is 0. The summed E-state index contributed by atoms with van der Waals surface area (Å²) in [5, 5.41) is 3.81. The first-order chi connectivity index (χ1) is 10.4. The predicted octanol–water partition coefficient (Wildman–Crippen LogP) is 2.88. The monoisotopic (exact) mass is 324 g/mol. The summed E-state index contributed by atoms with van der Waals surface area (Å²) in [5.74, 6) is 0.0535. The lowest BCUT2D eigenvalue weighted by Gasteiger charge is -2.35. The molecule has 1 aliphatic heterocycles. The molecular formula is C17H25ClN2O2. The quantitative estimate of drug-likeness (QED) is 0.926. The van der Waals surface area contributed by atoms with E-state index in [0.29, 0.717) is 19.8 Å². The van der Waals surface area contributed by atoms with Gasteiger partial charge in [0.05, 0.1) is 19.3 Å². The lowest BCUT2D eigenvalue weighted by atomic mass is 9.95. The highest BCUT2D eigenvalue weighted by Crippen LogP contribution is 2.28. The Morgan fingerprint density at radius 2 is 1.95 bits per heavy atom. The Balaban J connectivity index is 2.15. The lowest BCUT2D eigenvalue weighted by Crippen LogP contribution is -2.45. The van der Waals surface area contributed by atoms with E-state index < -0.39 is 5.41 Å². The number of halogens is 1. The second-order valence-electron chi connectivity index (χ2n) is 6.65. The minimum atomic E-state index is -0.393. The number of rotatable bonds is 4. The zero-order valence-electron chi connectivity index (χ0n) is 13.6. The van der Waals surface area contributed by atoms with Crippen LogP contribution >= 0.6 is 11.6 Å². The molecule has 0 aromatic heterocycles. The van der Waals surface area contributed by atoms with Crippen LogP contribution in [0.3, 0.4) is 0 Å². The summed E-state index contributed by atoms with van der Waals surface area (Å²) in [5.41, 5.74) is 0.663. The summed E-state index contributed by atoms with van der Waals surface area (Å²) in [6, 6.07) is 7.92. The molecule has 0 radical (unpaired) electrons. The van der Waals surface area contributed by atoms with E-state index in [9.17, 15) is 4.79 Å². The molecule has 1 saturated heterocycles. The summed E-state index contributed by atoms with van der Waals surface area (Å²) < 4.78 is 5.43. The van der Waals surface area contributed by atoms with Crippen molar-refractivity contribution in [2.45, 2.75) is 26.8 Å². The molecule has 122 valence electrons. The molecule has 1 atom stereocenters. The molecule has 0 unspecified atom stereocenters. The van der Waals surface area contributed by atoms with Gasteiger partial charge in [-0.1, -0.05) is 50.6 Å². The van der Waals surface area contributed by atoms with Crippen molar-refractivity contribution in [1.82, 2.24) is 10.2 Å². The van der Waals surface area contributed by atoms with Crippen molar-refractivity contribution < 1.29 is 9.53 Å². The average molecular weight is 325 g/mol. The maximum absolute atomic E-state index is 12.2. The van der Waals surface area contributed by atoms with E-state index in [1.54, 1.807) is 0 Å². The molecule has 4 nitrogen and oxygen atoms in total. The Kier molecular flexibility index (Phi) is 5.84. The van der Waals surface area contributed by atoms with Crippen molar-refractivity contribution in [3.63, 3.8) is 0 Å². The Bertz CT molecular complexity index is 508. The minimum absolute atomic E-state index is 0.0535. The van der Waals surface area contributed by atoms with Gasteiger partial charge in [0.15, 0.2) is 0 Å². The van der Waals surface area contributed by atoms with E-state index in [2.05, 4.69) is 10.2 Å². The van der Waals surface area contributed by atoms with Gasteiger partial charge in [0, 0.05) is 30.1 Å². The summed E-state index contributed by atoms with van der Waals surface area (Å²) in [4.78, 5) is 14.5. The van der Waals surface area contributed by atoms with Crippen LogP contribution in [0.5, 0.6) is 0 Å². The number of amides is 1. The van der Waals surface area contributed by atoms with Gasteiger partial charge in [-0.05, 0) is 11.6 Å². The molecule has 0 aliphatic carbocycles. The molecule has 1 aromatic carbocycles. The fourth-order valence-electron chi connectivity index (χ4n) is 2.52. The summed E-state index contributed by atoms with van der Waals surface area (Å²) >= 11 is 6.37. The van der Waals surface area contributed by atoms with Crippen molar-refractivity contribution in [1.29, 1.82) is 0 Å². The highest BCUT2D eigenvalue weighted by molar-refractivity contribution is 6.31. The van der Waals surface area contributed by atoms with E-state index in [0.717, 1.165) is 23.7 Å². The number of hydrogen-bond donors (Lipinski definition) is 1. The Hall–Kier alpha value is -1.10. The van der Waals surface area contributed by atoms with E-state index >= 15 is 0 Å². The van der Waals surface area contributed by atoms with E-state index in [-0.39, 0.29) is 11.9 Å². The molecule has 1 aromatic rings. The third kappa shape index (κ3) is 4.45. The van der Waals surface area contributed by atoms with Crippen LogP contribution in [0, 0.1) is 5.41 Å². The highest BCUT2D eigenvalue weighted by Gasteiger charge is 2.27. The fourth-order valence-corrected chi connectivity index (χ4v) is 2.79. The van der Waals surface area contributed by atoms with E-state index in [1.165, 1.54) is 0 Å². The molecule has 2 rings (SSSR count). The molecule has 0 saturated carbocycles. The van der Waals surface area contributed by atoms with Gasteiger partial charge in [-0.3, -0.25) is 9.69 Å². The van der Waals surface area contributed by atoms with Gasteiger partial charge in [-0.25, -0.2) is 0 Å². The van der Waals surface area contributed by atoms with Crippen LogP contribution in [0.4, 0.5) is 0 Å². The average Bonchev–Trinajstić information content (AvgIpc) is 2.49. The van der Waals surface area contributed by atoms with Gasteiger partial charge in [0.1, 0.15) is 0 Å². The smallest absolute Gasteiger partial charge is 0.225 e. The molecule has 22 heavy (non-hydrogen) atoms. The molecular weight excluding hydrogens is 300 g/mol. The highest BCUT2D eigenvalue weighted by atomic mass is 35.5. The first-order valence-corrected chi connectivity index (χ1v) is 8.12. The SMILES string of the molecule is CC(C)(C)C(=O)NC[C@H](c1ccccc1Cl)N1CCOCC1. The van der Waals surface area contributed by atoms with Gasteiger partial charge in [0.2, 0.25) is 5.91 Å². The standard InChI is InChI=1S/C17H25ClN2O2/c1-17(2,3)16(21)19-12-15(20-8-10-22-11-9-20)13-6-4-5-7-14(13)18/h4-7,15H,8-12H2,1-3H3,(H,19,21)/t15-/m1/s1. The van der Waals surface area contributed by atoms with Crippen LogP contribution in [-0.4, -0.2) is 43.7 Å². The molecule has 1 amide bonds. The normalized spacial score (nSPS) is 18.0. The first kappa shape index (κ1) is 17.3. The number of benzene rings is 1. The molecule has 0 spiro atoms. The third-order valence-corrected chi connectivity index (χ3v) is 4.23. The topological polar surface area (TPSA) is 41.6 Å². The van der Waals surface area contributed by atoms with Crippen LogP contribution < -0.4 is 5.32 Å². The predicted molar refractivity (Wildman–Crippen MR) is 89.0 cm³/mol. The van der Waals surface area contributed by atoms with Crippen LogP contribution in [0.2, 0.25) is 5.02 Å². The Morgan fingerprint density at radius 3 is 2.55 bits per heavy atom. The lowest BCUT2D eigenvalue weighted by molar-refractivity contribution is -0.128. The van der Waals surface area contributed by atoms with Crippen LogP contribution in [0.1, 0.15) is 32.4 Å². The first-order valence-electron chi connectivity index (χ1n) is 7.74. The zero-order chi connectivity index (χ0) is 16.2. The molecule has 1 heterocycles. The Morgan fingerprint density at radius 1 is 1.32 bits per heavy atom. The summed E-state index contributed by atoms with van der Waals surface area (Å²) in [6.07, 6.45) is 0. The van der Waals surface area contributed by atoms with Crippen molar-refractivity contribution in [2.24, 2.45) is 5.41 Å². The minimum Gasteiger partial charge on any atom is -0.379 e. The maximum Gasteiger partial charge on any atom is 0.225 e. The van der Waals surface area contributed by atoms with Gasteiger partial charge >= 0.3 is 0 Å². The van der Waals surface area contributed by atoms with Crippen molar-refractivity contribution >= 4 is 17.5 Å². The zero-order valence-corrected chi connectivity index (χ0v) is 14.3. The van der Waals surface area contributed by atoms with Crippen molar-refractivity contribution in [3.8, 4) is 0 Å². The molecule has 5 heteroatoms. The van der Waals surface area contributed by atoms with Crippen LogP contribution in [0.15, 0.2) is 24.3 Å². The third-order valence-electron chi connectivity index (χ3n) is 3.89. The van der Waals surface area contributed by atoms with Crippen molar-refractivity contribution in [3.05, 3.63) is 34.9 Å². The van der Waals surface area contributed by atoms with Crippen molar-refractivity contribution in [2.75, 3.05) is 32.8 Å².